The van der Waals surface area contributed by atoms with Crippen LogP contribution in [0.15, 0.2) is 24.0 Å². The summed E-state index contributed by atoms with van der Waals surface area (Å²) in [4.78, 5) is 1.52. The van der Waals surface area contributed by atoms with Gasteiger partial charge in [-0.15, -0.1) is 0 Å². The first-order valence-corrected chi connectivity index (χ1v) is 8.27. The molecule has 0 saturated heterocycles. The van der Waals surface area contributed by atoms with Gasteiger partial charge in [-0.05, 0) is 25.8 Å². The summed E-state index contributed by atoms with van der Waals surface area (Å²) < 4.78 is 27.2. The lowest BCUT2D eigenvalue weighted by Crippen LogP contribution is -3.01. The van der Waals surface area contributed by atoms with Crippen LogP contribution < -0.4 is 4.90 Å². The molecule has 1 atom stereocenters. The quantitative estimate of drug-likeness (QED) is 0.589. The zero-order valence-electron chi connectivity index (χ0n) is 11.6. The van der Waals surface area contributed by atoms with Crippen LogP contribution in [0.2, 0.25) is 0 Å². The van der Waals surface area contributed by atoms with E-state index in [1.165, 1.54) is 49.1 Å². The Morgan fingerprint density at radius 2 is 1.78 bits per heavy atom. The molecular formula is C13H25NO3S. The molecule has 1 heterocycles. The average molecular weight is 275 g/mol. The van der Waals surface area contributed by atoms with Crippen LogP contribution in [0.5, 0.6) is 0 Å². The van der Waals surface area contributed by atoms with E-state index >= 15 is 0 Å². The van der Waals surface area contributed by atoms with Crippen molar-refractivity contribution in [2.75, 3.05) is 12.8 Å². The minimum absolute atomic E-state index is 0.604. The van der Waals surface area contributed by atoms with Crippen LogP contribution in [-0.4, -0.2) is 25.8 Å². The van der Waals surface area contributed by atoms with Gasteiger partial charge in [0.05, 0.1) is 22.9 Å². The minimum Gasteiger partial charge on any atom is -0.748 e. The van der Waals surface area contributed by atoms with Crippen molar-refractivity contribution in [2.24, 2.45) is 0 Å². The SMILES string of the molecule is CCCCCCC[NH+]1C=CC(C)=C1.CS(=O)(=O)[O-]. The predicted molar refractivity (Wildman–Crippen MR) is 73.1 cm³/mol. The van der Waals surface area contributed by atoms with Crippen molar-refractivity contribution in [3.05, 3.63) is 24.0 Å². The molecule has 1 aliphatic rings. The molecule has 0 fully saturated rings. The molecule has 0 amide bonds. The van der Waals surface area contributed by atoms with Crippen LogP contribution in [0.1, 0.15) is 46.0 Å². The molecule has 18 heavy (non-hydrogen) atoms. The van der Waals surface area contributed by atoms with Crippen molar-refractivity contribution in [1.82, 2.24) is 0 Å². The van der Waals surface area contributed by atoms with Crippen molar-refractivity contribution in [2.45, 2.75) is 46.0 Å². The monoisotopic (exact) mass is 275 g/mol. The maximum absolute atomic E-state index is 9.08. The lowest BCUT2D eigenvalue weighted by Gasteiger charge is -2.05. The van der Waals surface area contributed by atoms with Gasteiger partial charge in [-0.3, -0.25) is 4.90 Å². The number of unbranched alkanes of at least 4 members (excludes halogenated alkanes) is 4. The van der Waals surface area contributed by atoms with Crippen LogP contribution in [0.25, 0.3) is 0 Å². The Morgan fingerprint density at radius 3 is 2.22 bits per heavy atom. The van der Waals surface area contributed by atoms with E-state index in [1.807, 2.05) is 0 Å². The molecule has 0 aromatic carbocycles. The van der Waals surface area contributed by atoms with Crippen LogP contribution in [0, 0.1) is 0 Å². The number of hydrogen-bond acceptors (Lipinski definition) is 3. The molecule has 0 spiro atoms. The number of nitrogens with one attached hydrogen (secondary N) is 1. The van der Waals surface area contributed by atoms with Gasteiger partial charge in [0.25, 0.3) is 0 Å². The molecule has 5 heteroatoms. The Labute approximate surface area is 111 Å². The van der Waals surface area contributed by atoms with Gasteiger partial charge in [0.1, 0.15) is 6.20 Å². The molecule has 4 nitrogen and oxygen atoms in total. The molecule has 0 saturated carbocycles. The fourth-order valence-electron chi connectivity index (χ4n) is 1.72. The second-order valence-corrected chi connectivity index (χ2v) is 6.07. The van der Waals surface area contributed by atoms with Gasteiger partial charge in [-0.25, -0.2) is 8.42 Å². The lowest BCUT2D eigenvalue weighted by atomic mass is 10.1. The van der Waals surface area contributed by atoms with Gasteiger partial charge in [-0.2, -0.15) is 0 Å². The Hall–Kier alpha value is -0.650. The van der Waals surface area contributed by atoms with Crippen LogP contribution in [-0.2, 0) is 10.1 Å². The van der Waals surface area contributed by atoms with Crippen molar-refractivity contribution in [1.29, 1.82) is 0 Å². The summed E-state index contributed by atoms with van der Waals surface area (Å²) in [5, 5.41) is 0. The van der Waals surface area contributed by atoms with Gasteiger partial charge >= 0.3 is 0 Å². The number of allylic oxidation sites excluding steroid dienone is 2. The summed E-state index contributed by atoms with van der Waals surface area (Å²) in [6, 6.07) is 0. The first kappa shape index (κ1) is 17.4. The Morgan fingerprint density at radius 1 is 1.22 bits per heavy atom. The molecular weight excluding hydrogens is 250 g/mol. The average Bonchev–Trinajstić information content (AvgIpc) is 2.61. The highest BCUT2D eigenvalue weighted by atomic mass is 32.2. The van der Waals surface area contributed by atoms with E-state index in [9.17, 15) is 0 Å². The predicted octanol–water partition coefficient (Wildman–Crippen LogP) is 1.43. The highest BCUT2D eigenvalue weighted by Crippen LogP contribution is 2.01. The first-order chi connectivity index (χ1) is 8.33. The van der Waals surface area contributed by atoms with Crippen LogP contribution >= 0.6 is 0 Å². The molecule has 106 valence electrons. The molecule has 0 bridgehead atoms. The smallest absolute Gasteiger partial charge is 0.102 e. The van der Waals surface area contributed by atoms with Gasteiger partial charge in [0.15, 0.2) is 0 Å². The second kappa shape index (κ2) is 9.30. The summed E-state index contributed by atoms with van der Waals surface area (Å²) >= 11 is 0. The van der Waals surface area contributed by atoms with Gasteiger partial charge < -0.3 is 4.55 Å². The molecule has 1 rings (SSSR count). The lowest BCUT2D eigenvalue weighted by molar-refractivity contribution is -0.788. The third-order valence-electron chi connectivity index (χ3n) is 2.54. The molecule has 0 aliphatic carbocycles. The first-order valence-electron chi connectivity index (χ1n) is 6.46. The summed E-state index contributed by atoms with van der Waals surface area (Å²) in [7, 11) is -3.92. The van der Waals surface area contributed by atoms with E-state index < -0.39 is 10.1 Å². The summed E-state index contributed by atoms with van der Waals surface area (Å²) in [6.07, 6.45) is 14.3. The van der Waals surface area contributed by atoms with E-state index in [0.29, 0.717) is 6.26 Å². The molecule has 1 unspecified atom stereocenters. The van der Waals surface area contributed by atoms with Crippen molar-refractivity contribution >= 4 is 10.1 Å². The zero-order valence-corrected chi connectivity index (χ0v) is 12.4. The summed E-state index contributed by atoms with van der Waals surface area (Å²) in [5.74, 6) is 0. The Balaban J connectivity index is 0.000000494. The van der Waals surface area contributed by atoms with E-state index in [0.717, 1.165) is 0 Å². The van der Waals surface area contributed by atoms with E-state index in [-0.39, 0.29) is 0 Å². The number of hydrogen-bond donors (Lipinski definition) is 1. The van der Waals surface area contributed by atoms with Crippen LogP contribution in [0.4, 0.5) is 0 Å². The summed E-state index contributed by atoms with van der Waals surface area (Å²) in [5.41, 5.74) is 1.41. The second-order valence-electron chi connectivity index (χ2n) is 4.66. The fraction of sp³-hybridized carbons (Fsp3) is 0.692. The molecule has 0 radical (unpaired) electrons. The van der Waals surface area contributed by atoms with Crippen LogP contribution in [0.3, 0.4) is 0 Å². The van der Waals surface area contributed by atoms with Crippen molar-refractivity contribution in [3.8, 4) is 0 Å². The molecule has 1 aliphatic heterocycles. The maximum atomic E-state index is 9.08. The molecule has 0 aromatic heterocycles. The largest absolute Gasteiger partial charge is 0.748 e. The standard InChI is InChI=1S/C12H21N.CH4O3S/c1-3-4-5-6-7-9-13-10-8-12(2)11-13;1-5(2,3)4/h8,10-11H,3-7,9H2,1-2H3;1H3,(H,2,3,4). The van der Waals surface area contributed by atoms with Crippen molar-refractivity contribution in [3.63, 3.8) is 0 Å². The van der Waals surface area contributed by atoms with Crippen molar-refractivity contribution < 1.29 is 17.9 Å². The zero-order chi connectivity index (χ0) is 14.0. The summed E-state index contributed by atoms with van der Waals surface area (Å²) in [6.45, 7) is 5.71. The highest BCUT2D eigenvalue weighted by molar-refractivity contribution is 7.84. The van der Waals surface area contributed by atoms with Gasteiger partial charge in [0, 0.05) is 11.8 Å². The Kier molecular flexibility index (Phi) is 8.97. The normalized spacial score (nSPS) is 18.2. The van der Waals surface area contributed by atoms with Gasteiger partial charge in [0.2, 0.25) is 0 Å². The molecule has 1 N–H and O–H groups in total. The van der Waals surface area contributed by atoms with E-state index in [2.05, 4.69) is 32.3 Å². The third-order valence-corrected chi connectivity index (χ3v) is 2.54. The van der Waals surface area contributed by atoms with E-state index in [4.69, 9.17) is 13.0 Å². The minimum atomic E-state index is -3.92. The Bertz CT molecular complexity index is 364. The third kappa shape index (κ3) is 13.4. The topological polar surface area (TPSA) is 61.6 Å². The highest BCUT2D eigenvalue weighted by Gasteiger charge is 2.06. The van der Waals surface area contributed by atoms with Gasteiger partial charge in [-0.1, -0.05) is 26.2 Å². The molecule has 0 aromatic rings. The number of rotatable bonds is 6. The fourth-order valence-corrected chi connectivity index (χ4v) is 1.72. The number of quaternary nitrogens is 1. The maximum Gasteiger partial charge on any atom is 0.102 e. The van der Waals surface area contributed by atoms with E-state index in [1.54, 1.807) is 0 Å².